The standard InChI is InChI=1S/C46H28O/c1-2-8-39-37(7-1)28-43(41-10-4-3-9-40(39)41)38-20-19-33-24-31(16-18-35(33)26-38)29-13-14-32-25-34(17-15-30(32)23-29)36-21-22-46-44(27-36)42-11-5-6-12-45(42)47-46/h1-28H. The van der Waals surface area contributed by atoms with E-state index in [2.05, 4.69) is 158 Å². The number of hydrogen-bond acceptors (Lipinski definition) is 1. The minimum absolute atomic E-state index is 0.925. The summed E-state index contributed by atoms with van der Waals surface area (Å²) in [5, 5.41) is 12.4. The highest BCUT2D eigenvalue weighted by Crippen LogP contribution is 2.38. The van der Waals surface area contributed by atoms with Gasteiger partial charge in [0.1, 0.15) is 11.2 Å². The molecule has 9 aromatic carbocycles. The van der Waals surface area contributed by atoms with Crippen LogP contribution in [0.25, 0.3) is 98.4 Å². The lowest BCUT2D eigenvalue weighted by Crippen LogP contribution is -1.86. The summed E-state index contributed by atoms with van der Waals surface area (Å²) in [6.45, 7) is 0. The van der Waals surface area contributed by atoms with Crippen molar-refractivity contribution < 1.29 is 4.42 Å². The molecule has 0 radical (unpaired) electrons. The summed E-state index contributed by atoms with van der Waals surface area (Å²) in [4.78, 5) is 0. The van der Waals surface area contributed by atoms with Crippen molar-refractivity contribution in [1.82, 2.24) is 0 Å². The average Bonchev–Trinajstić information content (AvgIpc) is 3.52. The van der Waals surface area contributed by atoms with Crippen molar-refractivity contribution in [1.29, 1.82) is 0 Å². The molecule has 218 valence electrons. The molecule has 10 rings (SSSR count). The highest BCUT2D eigenvalue weighted by Gasteiger charge is 2.11. The van der Waals surface area contributed by atoms with Gasteiger partial charge in [0.25, 0.3) is 0 Å². The zero-order valence-electron chi connectivity index (χ0n) is 25.6. The third-order valence-corrected chi connectivity index (χ3v) is 9.80. The molecular formula is C46H28O. The molecule has 0 N–H and O–H groups in total. The molecule has 0 aliphatic heterocycles. The van der Waals surface area contributed by atoms with Crippen LogP contribution in [0.1, 0.15) is 0 Å². The molecule has 0 bridgehead atoms. The molecule has 0 saturated carbocycles. The Bertz CT molecular complexity index is 2850. The van der Waals surface area contributed by atoms with Gasteiger partial charge in [0.05, 0.1) is 0 Å². The van der Waals surface area contributed by atoms with Gasteiger partial charge in [0.15, 0.2) is 0 Å². The van der Waals surface area contributed by atoms with Gasteiger partial charge in [0, 0.05) is 10.8 Å². The first-order chi connectivity index (χ1) is 23.2. The van der Waals surface area contributed by atoms with E-state index in [1.807, 2.05) is 12.1 Å². The third-order valence-electron chi connectivity index (χ3n) is 9.80. The Labute approximate surface area is 271 Å². The molecule has 0 saturated heterocycles. The maximum absolute atomic E-state index is 6.05. The third kappa shape index (κ3) is 4.25. The van der Waals surface area contributed by atoms with Crippen molar-refractivity contribution in [3.05, 3.63) is 170 Å². The van der Waals surface area contributed by atoms with Gasteiger partial charge in [-0.15, -0.1) is 0 Å². The van der Waals surface area contributed by atoms with Crippen LogP contribution in [0.4, 0.5) is 0 Å². The summed E-state index contributed by atoms with van der Waals surface area (Å²) < 4.78 is 6.05. The summed E-state index contributed by atoms with van der Waals surface area (Å²) in [7, 11) is 0. The molecule has 1 heteroatoms. The Hall–Kier alpha value is -6.18. The minimum Gasteiger partial charge on any atom is -0.456 e. The zero-order valence-corrected chi connectivity index (χ0v) is 25.6. The van der Waals surface area contributed by atoms with Crippen molar-refractivity contribution in [2.75, 3.05) is 0 Å². The predicted octanol–water partition coefficient (Wildman–Crippen LogP) is 13.2. The largest absolute Gasteiger partial charge is 0.456 e. The Balaban J connectivity index is 0.999. The molecule has 0 atom stereocenters. The van der Waals surface area contributed by atoms with Gasteiger partial charge in [0.2, 0.25) is 0 Å². The first kappa shape index (κ1) is 26.1. The number of rotatable bonds is 3. The topological polar surface area (TPSA) is 13.1 Å². The highest BCUT2D eigenvalue weighted by atomic mass is 16.3. The van der Waals surface area contributed by atoms with E-state index >= 15 is 0 Å². The summed E-state index contributed by atoms with van der Waals surface area (Å²) in [5.41, 5.74) is 9.23. The molecular weight excluding hydrogens is 569 g/mol. The SMILES string of the molecule is c1ccc2c(c1)cc(-c1ccc3cc(-c4ccc5cc(-c6ccc7oc8ccccc8c7c6)ccc5c4)ccc3c1)c1ccccc12. The lowest BCUT2D eigenvalue weighted by atomic mass is 9.91. The maximum atomic E-state index is 6.05. The second-order valence-electron chi connectivity index (χ2n) is 12.6. The van der Waals surface area contributed by atoms with Crippen molar-refractivity contribution in [2.24, 2.45) is 0 Å². The Kier molecular flexibility index (Phi) is 5.64. The molecule has 0 fully saturated rings. The highest BCUT2D eigenvalue weighted by molar-refractivity contribution is 6.14. The summed E-state index contributed by atoms with van der Waals surface area (Å²) in [6.07, 6.45) is 0. The second kappa shape index (κ2) is 10.2. The second-order valence-corrected chi connectivity index (χ2v) is 12.6. The molecule has 0 amide bonds. The fourth-order valence-corrected chi connectivity index (χ4v) is 7.40. The summed E-state index contributed by atoms with van der Waals surface area (Å²) in [5.74, 6) is 0. The van der Waals surface area contributed by atoms with Crippen LogP contribution < -0.4 is 0 Å². The molecule has 47 heavy (non-hydrogen) atoms. The van der Waals surface area contributed by atoms with Crippen LogP contribution >= 0.6 is 0 Å². The van der Waals surface area contributed by atoms with Gasteiger partial charge in [-0.05, 0) is 125 Å². The fraction of sp³-hybridized carbons (Fsp3) is 0. The van der Waals surface area contributed by atoms with E-state index < -0.39 is 0 Å². The van der Waals surface area contributed by atoms with Crippen molar-refractivity contribution in [3.8, 4) is 33.4 Å². The van der Waals surface area contributed by atoms with E-state index in [0.29, 0.717) is 0 Å². The van der Waals surface area contributed by atoms with Gasteiger partial charge >= 0.3 is 0 Å². The molecule has 0 aliphatic rings. The molecule has 0 unspecified atom stereocenters. The number of benzene rings is 9. The molecule has 0 aliphatic carbocycles. The van der Waals surface area contributed by atoms with Crippen molar-refractivity contribution >= 4 is 65.0 Å². The maximum Gasteiger partial charge on any atom is 0.135 e. The van der Waals surface area contributed by atoms with Crippen LogP contribution in [0.5, 0.6) is 0 Å². The van der Waals surface area contributed by atoms with Crippen LogP contribution in [0.2, 0.25) is 0 Å². The summed E-state index contributed by atoms with van der Waals surface area (Å²) >= 11 is 0. The van der Waals surface area contributed by atoms with E-state index in [4.69, 9.17) is 4.42 Å². The van der Waals surface area contributed by atoms with E-state index in [0.717, 1.165) is 21.9 Å². The van der Waals surface area contributed by atoms with E-state index in [9.17, 15) is 0 Å². The number of furan rings is 1. The first-order valence-corrected chi connectivity index (χ1v) is 16.2. The molecule has 1 heterocycles. The molecule has 1 aromatic heterocycles. The minimum atomic E-state index is 0.925. The quantitative estimate of drug-likeness (QED) is 0.185. The van der Waals surface area contributed by atoms with Crippen LogP contribution in [0, 0.1) is 0 Å². The van der Waals surface area contributed by atoms with Gasteiger partial charge in [-0.1, -0.05) is 121 Å². The molecule has 10 aromatic rings. The molecule has 1 nitrogen and oxygen atoms in total. The Morgan fingerprint density at radius 2 is 0.723 bits per heavy atom. The van der Waals surface area contributed by atoms with Crippen molar-refractivity contribution in [3.63, 3.8) is 0 Å². The molecule has 0 spiro atoms. The lowest BCUT2D eigenvalue weighted by Gasteiger charge is -2.12. The van der Waals surface area contributed by atoms with Crippen LogP contribution in [-0.4, -0.2) is 0 Å². The van der Waals surface area contributed by atoms with Gasteiger partial charge in [-0.2, -0.15) is 0 Å². The Morgan fingerprint density at radius 3 is 1.40 bits per heavy atom. The summed E-state index contributed by atoms with van der Waals surface area (Å²) in [6, 6.07) is 61.8. The van der Waals surface area contributed by atoms with Crippen LogP contribution in [0.3, 0.4) is 0 Å². The van der Waals surface area contributed by atoms with Crippen molar-refractivity contribution in [2.45, 2.75) is 0 Å². The van der Waals surface area contributed by atoms with Crippen LogP contribution in [-0.2, 0) is 0 Å². The lowest BCUT2D eigenvalue weighted by molar-refractivity contribution is 0.669. The first-order valence-electron chi connectivity index (χ1n) is 16.2. The number of hydrogen-bond donors (Lipinski definition) is 0. The fourth-order valence-electron chi connectivity index (χ4n) is 7.40. The normalized spacial score (nSPS) is 11.8. The van der Waals surface area contributed by atoms with E-state index in [1.165, 1.54) is 76.5 Å². The number of fused-ring (bicyclic) bond motifs is 8. The monoisotopic (exact) mass is 596 g/mol. The Morgan fingerprint density at radius 1 is 0.255 bits per heavy atom. The smallest absolute Gasteiger partial charge is 0.135 e. The van der Waals surface area contributed by atoms with Crippen LogP contribution in [0.15, 0.2) is 174 Å². The number of para-hydroxylation sites is 1. The van der Waals surface area contributed by atoms with Gasteiger partial charge in [-0.25, -0.2) is 0 Å². The van der Waals surface area contributed by atoms with E-state index in [1.54, 1.807) is 0 Å². The van der Waals surface area contributed by atoms with Gasteiger partial charge < -0.3 is 4.42 Å². The van der Waals surface area contributed by atoms with E-state index in [-0.39, 0.29) is 0 Å². The average molecular weight is 597 g/mol. The zero-order chi connectivity index (χ0) is 30.9. The van der Waals surface area contributed by atoms with Gasteiger partial charge in [-0.3, -0.25) is 0 Å². The predicted molar refractivity (Wildman–Crippen MR) is 200 cm³/mol.